The molecule has 0 amide bonds. The van der Waals surface area contributed by atoms with E-state index in [0.29, 0.717) is 31.8 Å². The molecular formula is C13H26ClNO3. The van der Waals surface area contributed by atoms with E-state index in [2.05, 4.69) is 4.90 Å². The van der Waals surface area contributed by atoms with Crippen LogP contribution >= 0.6 is 11.6 Å². The second-order valence-corrected chi connectivity index (χ2v) is 4.94. The van der Waals surface area contributed by atoms with Crippen LogP contribution in [0.25, 0.3) is 0 Å². The molecule has 1 heterocycles. The molecule has 18 heavy (non-hydrogen) atoms. The summed E-state index contributed by atoms with van der Waals surface area (Å²) in [6, 6.07) is 0. The highest BCUT2D eigenvalue weighted by Gasteiger charge is 2.18. The summed E-state index contributed by atoms with van der Waals surface area (Å²) in [6.07, 6.45) is 3.76. The Morgan fingerprint density at radius 2 is 1.89 bits per heavy atom. The number of rotatable bonds is 10. The molecule has 0 bridgehead atoms. The Kier molecular flexibility index (Phi) is 9.89. The number of halogens is 1. The maximum atomic E-state index is 5.65. The monoisotopic (exact) mass is 279 g/mol. The Balaban J connectivity index is 1.92. The van der Waals surface area contributed by atoms with Gasteiger partial charge in [0, 0.05) is 39.2 Å². The molecule has 1 aliphatic rings. The van der Waals surface area contributed by atoms with E-state index in [1.54, 1.807) is 7.11 Å². The molecule has 4 nitrogen and oxygen atoms in total. The number of hydrogen-bond donors (Lipinski definition) is 0. The smallest absolute Gasteiger partial charge is 0.0700 e. The minimum Gasteiger partial charge on any atom is -0.382 e. The van der Waals surface area contributed by atoms with E-state index < -0.39 is 0 Å². The van der Waals surface area contributed by atoms with Gasteiger partial charge in [-0.25, -0.2) is 0 Å². The Labute approximate surface area is 116 Å². The highest BCUT2D eigenvalue weighted by atomic mass is 35.5. The summed E-state index contributed by atoms with van der Waals surface area (Å²) in [5.74, 6) is 0.596. The van der Waals surface area contributed by atoms with Gasteiger partial charge in [0.25, 0.3) is 0 Å². The van der Waals surface area contributed by atoms with Gasteiger partial charge in [0.1, 0.15) is 0 Å². The molecule has 0 aromatic rings. The lowest BCUT2D eigenvalue weighted by molar-refractivity contribution is 0.0119. The fourth-order valence-electron chi connectivity index (χ4n) is 2.15. The van der Waals surface area contributed by atoms with Crippen molar-refractivity contribution in [2.75, 3.05) is 59.1 Å². The van der Waals surface area contributed by atoms with Crippen LogP contribution in [0.5, 0.6) is 0 Å². The minimum atomic E-state index is 0.415. The Bertz CT molecular complexity index is 187. The van der Waals surface area contributed by atoms with Gasteiger partial charge in [-0.2, -0.15) is 0 Å². The van der Waals surface area contributed by atoms with Gasteiger partial charge in [0.15, 0.2) is 0 Å². The van der Waals surface area contributed by atoms with E-state index in [-0.39, 0.29) is 0 Å². The summed E-state index contributed by atoms with van der Waals surface area (Å²) in [6.45, 7) is 6.27. The van der Waals surface area contributed by atoms with Crippen LogP contribution in [0.3, 0.4) is 0 Å². The predicted molar refractivity (Wildman–Crippen MR) is 73.4 cm³/mol. The van der Waals surface area contributed by atoms with E-state index in [0.717, 1.165) is 45.5 Å². The zero-order valence-electron chi connectivity index (χ0n) is 11.4. The summed E-state index contributed by atoms with van der Waals surface area (Å²) in [7, 11) is 1.69. The lowest BCUT2D eigenvalue weighted by Gasteiger charge is -2.31. The highest BCUT2D eigenvalue weighted by Crippen LogP contribution is 2.13. The highest BCUT2D eigenvalue weighted by molar-refractivity contribution is 6.17. The van der Waals surface area contributed by atoms with Crippen molar-refractivity contribution in [3.63, 3.8) is 0 Å². The summed E-state index contributed by atoms with van der Waals surface area (Å²) >= 11 is 5.61. The molecule has 0 aromatic carbocycles. The fraction of sp³-hybridized carbons (Fsp3) is 1.00. The third-order valence-electron chi connectivity index (χ3n) is 3.16. The molecule has 0 aliphatic carbocycles. The molecule has 1 fully saturated rings. The van der Waals surface area contributed by atoms with Crippen molar-refractivity contribution in [2.24, 2.45) is 0 Å². The van der Waals surface area contributed by atoms with Crippen LogP contribution in [0.2, 0.25) is 0 Å². The van der Waals surface area contributed by atoms with Crippen LogP contribution in [-0.2, 0) is 14.2 Å². The van der Waals surface area contributed by atoms with Gasteiger partial charge in [-0.05, 0) is 19.3 Å². The fourth-order valence-corrected chi connectivity index (χ4v) is 2.23. The van der Waals surface area contributed by atoms with E-state index in [9.17, 15) is 0 Å². The van der Waals surface area contributed by atoms with Gasteiger partial charge >= 0.3 is 0 Å². The number of nitrogens with zero attached hydrogens (tertiary/aromatic N) is 1. The largest absolute Gasteiger partial charge is 0.382 e. The number of piperidine rings is 1. The number of methoxy groups -OCH3 is 1. The SMILES string of the molecule is COCCOCCCN1CCC(OCCCl)CC1. The number of alkyl halides is 1. The summed E-state index contributed by atoms with van der Waals surface area (Å²) in [5.41, 5.74) is 0. The Hall–Kier alpha value is 0.130. The summed E-state index contributed by atoms with van der Waals surface area (Å²) in [5, 5.41) is 0. The van der Waals surface area contributed by atoms with Crippen molar-refractivity contribution in [2.45, 2.75) is 25.4 Å². The predicted octanol–water partition coefficient (Wildman–Crippen LogP) is 1.76. The van der Waals surface area contributed by atoms with E-state index in [1.165, 1.54) is 0 Å². The number of ether oxygens (including phenoxy) is 3. The van der Waals surface area contributed by atoms with Gasteiger partial charge in [-0.3, -0.25) is 0 Å². The second kappa shape index (κ2) is 11.0. The van der Waals surface area contributed by atoms with Crippen molar-refractivity contribution < 1.29 is 14.2 Å². The summed E-state index contributed by atoms with van der Waals surface area (Å²) in [4.78, 5) is 2.49. The molecule has 0 saturated carbocycles. The van der Waals surface area contributed by atoms with Crippen molar-refractivity contribution in [3.8, 4) is 0 Å². The van der Waals surface area contributed by atoms with Crippen LogP contribution in [0, 0.1) is 0 Å². The molecule has 0 unspecified atom stereocenters. The van der Waals surface area contributed by atoms with Crippen LogP contribution in [0.4, 0.5) is 0 Å². The topological polar surface area (TPSA) is 30.9 Å². The maximum absolute atomic E-state index is 5.65. The first-order valence-electron chi connectivity index (χ1n) is 6.83. The average molecular weight is 280 g/mol. The van der Waals surface area contributed by atoms with Gasteiger partial charge in [0.2, 0.25) is 0 Å². The first kappa shape index (κ1) is 16.2. The molecule has 1 saturated heterocycles. The first-order chi connectivity index (χ1) is 8.86. The van der Waals surface area contributed by atoms with Gasteiger partial charge in [-0.1, -0.05) is 0 Å². The number of hydrogen-bond acceptors (Lipinski definition) is 4. The molecule has 108 valence electrons. The molecule has 0 spiro atoms. The zero-order chi connectivity index (χ0) is 13.1. The Morgan fingerprint density at radius 1 is 1.11 bits per heavy atom. The average Bonchev–Trinajstić information content (AvgIpc) is 2.42. The van der Waals surface area contributed by atoms with E-state index >= 15 is 0 Å². The van der Waals surface area contributed by atoms with Gasteiger partial charge in [0.05, 0.1) is 25.9 Å². The lowest BCUT2D eigenvalue weighted by Crippen LogP contribution is -2.38. The molecule has 0 atom stereocenters. The van der Waals surface area contributed by atoms with Crippen molar-refractivity contribution in [1.29, 1.82) is 0 Å². The molecular weight excluding hydrogens is 254 g/mol. The van der Waals surface area contributed by atoms with Crippen LogP contribution < -0.4 is 0 Å². The summed E-state index contributed by atoms with van der Waals surface area (Å²) < 4.78 is 16.0. The molecule has 1 aliphatic heterocycles. The van der Waals surface area contributed by atoms with Crippen LogP contribution in [0.1, 0.15) is 19.3 Å². The minimum absolute atomic E-state index is 0.415. The quantitative estimate of drug-likeness (QED) is 0.450. The number of likely N-dealkylation sites (tertiary alicyclic amines) is 1. The maximum Gasteiger partial charge on any atom is 0.0700 e. The zero-order valence-corrected chi connectivity index (χ0v) is 12.2. The second-order valence-electron chi connectivity index (χ2n) is 4.56. The third kappa shape index (κ3) is 7.54. The normalized spacial score (nSPS) is 18.3. The molecule has 0 N–H and O–H groups in total. The standard InChI is InChI=1S/C13H26ClNO3/c1-16-11-12-17-9-2-6-15-7-3-13(4-8-15)18-10-5-14/h13H,2-12H2,1H3. The molecule has 0 aromatic heterocycles. The molecule has 1 rings (SSSR count). The molecule has 0 radical (unpaired) electrons. The van der Waals surface area contributed by atoms with Crippen molar-refractivity contribution in [3.05, 3.63) is 0 Å². The van der Waals surface area contributed by atoms with E-state index in [4.69, 9.17) is 25.8 Å². The van der Waals surface area contributed by atoms with Crippen molar-refractivity contribution in [1.82, 2.24) is 4.90 Å². The first-order valence-corrected chi connectivity index (χ1v) is 7.37. The van der Waals surface area contributed by atoms with Crippen molar-refractivity contribution >= 4 is 11.6 Å². The lowest BCUT2D eigenvalue weighted by atomic mass is 10.1. The van der Waals surface area contributed by atoms with Gasteiger partial charge in [-0.15, -0.1) is 11.6 Å². The molecule has 5 heteroatoms. The van der Waals surface area contributed by atoms with Crippen LogP contribution in [-0.4, -0.2) is 70.1 Å². The van der Waals surface area contributed by atoms with E-state index in [1.807, 2.05) is 0 Å². The van der Waals surface area contributed by atoms with Gasteiger partial charge < -0.3 is 19.1 Å². The Morgan fingerprint density at radius 3 is 2.56 bits per heavy atom. The van der Waals surface area contributed by atoms with Crippen LogP contribution in [0.15, 0.2) is 0 Å². The third-order valence-corrected chi connectivity index (χ3v) is 3.31.